The molecule has 0 aliphatic heterocycles. The number of carbonyl (C=O) groups excluding carboxylic acids is 2. The van der Waals surface area contributed by atoms with E-state index < -0.39 is 17.6 Å². The number of carbonyl (C=O) groups is 2. The van der Waals surface area contributed by atoms with Gasteiger partial charge in [-0.1, -0.05) is 88.8 Å². The monoisotopic (exact) mass is 563 g/mol. The van der Waals surface area contributed by atoms with Gasteiger partial charge in [-0.25, -0.2) is 4.98 Å². The fraction of sp³-hybridized carbons (Fsp3) is 0.516. The van der Waals surface area contributed by atoms with Crippen LogP contribution >= 0.6 is 0 Å². The summed E-state index contributed by atoms with van der Waals surface area (Å²) in [7, 11) is 0. The third-order valence-electron chi connectivity index (χ3n) is 7.73. The molecule has 0 spiro atoms. The fourth-order valence-corrected chi connectivity index (χ4v) is 5.46. The molecule has 0 saturated heterocycles. The van der Waals surface area contributed by atoms with Crippen LogP contribution in [-0.2, 0) is 25.5 Å². The molecule has 3 atom stereocenters. The van der Waals surface area contributed by atoms with Crippen molar-refractivity contribution in [1.29, 1.82) is 0 Å². The largest absolute Gasteiger partial charge is 0.465 e. The van der Waals surface area contributed by atoms with E-state index >= 15 is 0 Å². The van der Waals surface area contributed by atoms with Crippen LogP contribution in [0.2, 0.25) is 0 Å². The quantitative estimate of drug-likeness (QED) is 0.149. The molecule has 1 fully saturated rings. The number of nitrogen functional groups attached to an aromatic ring is 1. The van der Waals surface area contributed by atoms with Crippen LogP contribution in [0.25, 0.3) is 11.2 Å². The third kappa shape index (κ3) is 8.05. The molecule has 4 rings (SSSR count). The Bertz CT molecular complexity index is 1380. The highest BCUT2D eigenvalue weighted by molar-refractivity contribution is 5.73. The minimum atomic E-state index is -0.546. The van der Waals surface area contributed by atoms with Gasteiger partial charge < -0.3 is 19.8 Å². The van der Waals surface area contributed by atoms with Crippen molar-refractivity contribution in [3.63, 3.8) is 0 Å². The zero-order valence-corrected chi connectivity index (χ0v) is 23.8. The lowest BCUT2D eigenvalue weighted by atomic mass is 10.0. The second kappa shape index (κ2) is 14.6. The number of hydrogen-bond donors (Lipinski definition) is 2. The first kappa shape index (κ1) is 30.0. The zero-order chi connectivity index (χ0) is 29.2. The lowest BCUT2D eigenvalue weighted by Crippen LogP contribution is -2.27. The summed E-state index contributed by atoms with van der Waals surface area (Å²) in [4.78, 5) is 48.7. The number of imidazole rings is 1. The Morgan fingerprint density at radius 1 is 1.07 bits per heavy atom. The van der Waals surface area contributed by atoms with E-state index in [4.69, 9.17) is 15.2 Å². The van der Waals surface area contributed by atoms with E-state index in [1.165, 1.54) is 38.4 Å². The summed E-state index contributed by atoms with van der Waals surface area (Å²) in [6.07, 6.45) is 10.9. The molecule has 1 aliphatic rings. The molecule has 3 N–H and O–H groups in total. The number of nitrogens with one attached hydrogen (secondary N) is 1. The van der Waals surface area contributed by atoms with Crippen molar-refractivity contribution in [2.24, 2.45) is 5.92 Å². The van der Waals surface area contributed by atoms with Crippen molar-refractivity contribution in [3.8, 4) is 0 Å². The maximum atomic E-state index is 12.8. The molecule has 3 unspecified atom stereocenters. The Kier molecular flexibility index (Phi) is 10.7. The van der Waals surface area contributed by atoms with E-state index in [9.17, 15) is 14.4 Å². The molecule has 2 heterocycles. The highest BCUT2D eigenvalue weighted by Gasteiger charge is 2.42. The molecular formula is C31H41N5O5. The highest BCUT2D eigenvalue weighted by atomic mass is 16.6. The normalized spacial score (nSPS) is 18.6. The van der Waals surface area contributed by atoms with E-state index in [1.54, 1.807) is 4.57 Å². The van der Waals surface area contributed by atoms with Crippen LogP contribution in [0.15, 0.2) is 53.6 Å². The second-order valence-corrected chi connectivity index (χ2v) is 10.8. The van der Waals surface area contributed by atoms with Crippen molar-refractivity contribution >= 4 is 29.1 Å². The molecular weight excluding hydrogens is 522 g/mol. The third-order valence-corrected chi connectivity index (χ3v) is 7.73. The summed E-state index contributed by atoms with van der Waals surface area (Å²) in [6, 6.07) is 9.00. The van der Waals surface area contributed by atoms with E-state index in [2.05, 4.69) is 28.5 Å². The van der Waals surface area contributed by atoms with Gasteiger partial charge in [0.2, 0.25) is 5.95 Å². The highest BCUT2D eigenvalue weighted by Crippen LogP contribution is 2.42. The Balaban J connectivity index is 1.41. The maximum Gasteiger partial charge on any atom is 0.310 e. The molecule has 0 radical (unpaired) electrons. The molecule has 41 heavy (non-hydrogen) atoms. The Hall–Kier alpha value is -3.95. The average Bonchev–Trinajstić information content (AvgIpc) is 3.50. The predicted octanol–water partition coefficient (Wildman–Crippen LogP) is 5.05. The van der Waals surface area contributed by atoms with Gasteiger partial charge in [0.05, 0.1) is 24.7 Å². The van der Waals surface area contributed by atoms with E-state index in [0.29, 0.717) is 24.1 Å². The number of ether oxygens (including phenoxy) is 2. The summed E-state index contributed by atoms with van der Waals surface area (Å²) in [5, 5.41) is 0. The summed E-state index contributed by atoms with van der Waals surface area (Å²) in [5.41, 5.74) is 7.40. The number of aromatic amines is 1. The lowest BCUT2D eigenvalue weighted by Gasteiger charge is -2.20. The lowest BCUT2D eigenvalue weighted by molar-refractivity contribution is -0.153. The molecule has 1 saturated carbocycles. The molecule has 220 valence electrons. The molecule has 1 aliphatic carbocycles. The van der Waals surface area contributed by atoms with Crippen LogP contribution in [0.5, 0.6) is 0 Å². The summed E-state index contributed by atoms with van der Waals surface area (Å²) < 4.78 is 13.3. The minimum Gasteiger partial charge on any atom is -0.465 e. The number of hydrogen-bond acceptors (Lipinski definition) is 8. The number of H-pyrrole nitrogens is 1. The van der Waals surface area contributed by atoms with Gasteiger partial charge in [-0.15, -0.1) is 0 Å². The predicted molar refractivity (Wildman–Crippen MR) is 157 cm³/mol. The Morgan fingerprint density at radius 3 is 2.51 bits per heavy atom. The molecule has 0 bridgehead atoms. The zero-order valence-electron chi connectivity index (χ0n) is 23.8. The van der Waals surface area contributed by atoms with E-state index in [-0.39, 0.29) is 42.5 Å². The van der Waals surface area contributed by atoms with Gasteiger partial charge >= 0.3 is 11.9 Å². The van der Waals surface area contributed by atoms with Gasteiger partial charge in [0.1, 0.15) is 12.7 Å². The van der Waals surface area contributed by atoms with E-state index in [1.807, 2.05) is 30.3 Å². The number of unbranched alkanes of at least 4 members (excludes halogenated alkanes) is 7. The van der Waals surface area contributed by atoms with Crippen molar-refractivity contribution in [3.05, 3.63) is 64.7 Å². The fourth-order valence-electron chi connectivity index (χ4n) is 5.46. The topological polar surface area (TPSA) is 142 Å². The van der Waals surface area contributed by atoms with Crippen LogP contribution in [0.3, 0.4) is 0 Å². The van der Waals surface area contributed by atoms with Crippen molar-refractivity contribution in [1.82, 2.24) is 19.5 Å². The number of fused-ring (bicyclic) bond motifs is 1. The van der Waals surface area contributed by atoms with Crippen LogP contribution in [0, 0.1) is 5.92 Å². The van der Waals surface area contributed by atoms with E-state index in [0.717, 1.165) is 24.8 Å². The Labute approximate surface area is 240 Å². The van der Waals surface area contributed by atoms with Crippen molar-refractivity contribution < 1.29 is 19.1 Å². The maximum absolute atomic E-state index is 12.8. The summed E-state index contributed by atoms with van der Waals surface area (Å²) in [5.74, 6) is -1.08. The number of benzene rings is 1. The first-order valence-electron chi connectivity index (χ1n) is 14.7. The molecule has 0 amide bonds. The standard InChI is InChI=1S/C31H41N5O5/c1-3-4-5-6-7-8-9-13-16-26(37)41-25-18-24(36-20-33-28-29(36)34-31(32)35-30(28)39)21(2)23(25)19-40-27(38)17-22-14-11-10-12-15-22/h10-12,14-15,20,23-25H,2-9,13,16-19H2,1H3,(H3,32,34,35,39). The minimum absolute atomic E-state index is 0.0207. The van der Waals surface area contributed by atoms with Gasteiger partial charge in [-0.3, -0.25) is 19.4 Å². The van der Waals surface area contributed by atoms with Crippen LogP contribution in [-0.4, -0.2) is 44.2 Å². The number of anilines is 1. The Morgan fingerprint density at radius 2 is 1.78 bits per heavy atom. The van der Waals surface area contributed by atoms with Crippen molar-refractivity contribution in [2.45, 2.75) is 89.7 Å². The first-order valence-corrected chi connectivity index (χ1v) is 14.7. The SMILES string of the molecule is C=C1C(COC(=O)Cc2ccccc2)C(OC(=O)CCCCCCCCCC)CC1n1cnc2c(=O)[nH]c(N)nc21. The number of nitrogens with two attached hydrogens (primary N) is 1. The molecule has 10 nitrogen and oxygen atoms in total. The van der Waals surface area contributed by atoms with Crippen molar-refractivity contribution in [2.75, 3.05) is 12.3 Å². The second-order valence-electron chi connectivity index (χ2n) is 10.8. The smallest absolute Gasteiger partial charge is 0.310 e. The van der Waals surface area contributed by atoms with Gasteiger partial charge in [0, 0.05) is 12.8 Å². The van der Waals surface area contributed by atoms with Gasteiger partial charge in [-0.05, 0) is 17.6 Å². The van der Waals surface area contributed by atoms with Gasteiger partial charge in [-0.2, -0.15) is 4.98 Å². The van der Waals surface area contributed by atoms with Crippen LogP contribution in [0.4, 0.5) is 5.95 Å². The van der Waals surface area contributed by atoms with Crippen LogP contribution in [0.1, 0.15) is 82.7 Å². The number of aromatic nitrogens is 4. The number of esters is 2. The molecule has 1 aromatic carbocycles. The number of nitrogens with zero attached hydrogens (tertiary/aromatic N) is 3. The number of rotatable bonds is 15. The summed E-state index contributed by atoms with van der Waals surface area (Å²) >= 11 is 0. The average molecular weight is 564 g/mol. The first-order chi connectivity index (χ1) is 19.9. The molecule has 10 heteroatoms. The van der Waals surface area contributed by atoms with Gasteiger partial charge in [0.15, 0.2) is 11.2 Å². The summed E-state index contributed by atoms with van der Waals surface area (Å²) in [6.45, 7) is 6.52. The molecule has 3 aromatic rings. The van der Waals surface area contributed by atoms with Crippen LogP contribution < -0.4 is 11.3 Å². The molecule has 2 aromatic heterocycles. The van der Waals surface area contributed by atoms with Gasteiger partial charge in [0.25, 0.3) is 5.56 Å².